The number of benzene rings is 2. The largest absolute Gasteiger partial charge is 0.489 e. The molecule has 19 heavy (non-hydrogen) atoms. The monoisotopic (exact) mass is 260 g/mol. The van der Waals surface area contributed by atoms with Gasteiger partial charge in [-0.05, 0) is 35.7 Å². The Balaban J connectivity index is 0.000000861. The molecule has 0 aliphatic heterocycles. The van der Waals surface area contributed by atoms with Crippen molar-refractivity contribution in [1.29, 1.82) is 0 Å². The van der Waals surface area contributed by atoms with Gasteiger partial charge in [-0.3, -0.25) is 0 Å². The van der Waals surface area contributed by atoms with E-state index in [0.717, 1.165) is 29.5 Å². The number of ether oxygens (including phenoxy) is 1. The quantitative estimate of drug-likeness (QED) is 0.888. The van der Waals surface area contributed by atoms with Crippen molar-refractivity contribution in [3.63, 3.8) is 0 Å². The Morgan fingerprint density at radius 3 is 2.26 bits per heavy atom. The van der Waals surface area contributed by atoms with Crippen molar-refractivity contribution < 1.29 is 14.9 Å². The number of aliphatic hydroxyl groups is 2. The van der Waals surface area contributed by atoms with Crippen LogP contribution in [0.5, 0.6) is 5.75 Å². The molecule has 0 unspecified atom stereocenters. The molecule has 0 atom stereocenters. The summed E-state index contributed by atoms with van der Waals surface area (Å²) in [5.41, 5.74) is 3.14. The van der Waals surface area contributed by atoms with Crippen LogP contribution in [-0.4, -0.2) is 17.3 Å². The zero-order valence-electron chi connectivity index (χ0n) is 11.3. The molecule has 102 valence electrons. The van der Waals surface area contributed by atoms with Crippen molar-refractivity contribution in [3.05, 3.63) is 65.2 Å². The predicted octanol–water partition coefficient (Wildman–Crippen LogP) is 2.67. The minimum atomic E-state index is 0.0742. The molecule has 0 heterocycles. The van der Waals surface area contributed by atoms with Crippen LogP contribution in [0.4, 0.5) is 0 Å². The van der Waals surface area contributed by atoms with E-state index >= 15 is 0 Å². The van der Waals surface area contributed by atoms with Crippen LogP contribution in [0.25, 0.3) is 0 Å². The molecule has 0 aromatic heterocycles. The smallest absolute Gasteiger partial charge is 0.120 e. The minimum absolute atomic E-state index is 0.0742. The average Bonchev–Trinajstić information content (AvgIpc) is 2.48. The van der Waals surface area contributed by atoms with Gasteiger partial charge in [0.05, 0.1) is 6.61 Å². The first kappa shape index (κ1) is 15.2. The molecule has 0 radical (unpaired) electrons. The van der Waals surface area contributed by atoms with Gasteiger partial charge in [0, 0.05) is 7.11 Å². The van der Waals surface area contributed by atoms with Crippen LogP contribution in [0.1, 0.15) is 16.7 Å². The molecule has 0 bridgehead atoms. The molecular formula is C16H20O3. The van der Waals surface area contributed by atoms with Crippen LogP contribution in [0, 0.1) is 6.92 Å². The lowest BCUT2D eigenvalue weighted by atomic mass is 10.1. The van der Waals surface area contributed by atoms with E-state index in [-0.39, 0.29) is 6.61 Å². The summed E-state index contributed by atoms with van der Waals surface area (Å²) in [5.74, 6) is 0.837. The summed E-state index contributed by atoms with van der Waals surface area (Å²) in [6, 6.07) is 15.8. The SMILES string of the molecule is CO.Cc1cc(OCc2ccccc2)ccc1CO. The van der Waals surface area contributed by atoms with Gasteiger partial charge in [0.15, 0.2) is 0 Å². The zero-order chi connectivity index (χ0) is 14.1. The Kier molecular flexibility index (Phi) is 6.64. The van der Waals surface area contributed by atoms with E-state index in [9.17, 15) is 0 Å². The number of aryl methyl sites for hydroxylation is 1. The predicted molar refractivity (Wildman–Crippen MR) is 76.0 cm³/mol. The molecule has 2 aromatic carbocycles. The third-order valence-corrected chi connectivity index (χ3v) is 2.73. The Morgan fingerprint density at radius 1 is 1.00 bits per heavy atom. The maximum Gasteiger partial charge on any atom is 0.120 e. The van der Waals surface area contributed by atoms with Crippen LogP contribution in [0.15, 0.2) is 48.5 Å². The van der Waals surface area contributed by atoms with Gasteiger partial charge < -0.3 is 14.9 Å². The molecule has 2 N–H and O–H groups in total. The van der Waals surface area contributed by atoms with Crippen molar-refractivity contribution in [2.75, 3.05) is 7.11 Å². The number of hydrogen-bond acceptors (Lipinski definition) is 3. The maximum atomic E-state index is 9.08. The van der Waals surface area contributed by atoms with Gasteiger partial charge in [-0.1, -0.05) is 36.4 Å². The van der Waals surface area contributed by atoms with Crippen molar-refractivity contribution in [3.8, 4) is 5.75 Å². The Morgan fingerprint density at radius 2 is 1.68 bits per heavy atom. The highest BCUT2D eigenvalue weighted by Crippen LogP contribution is 2.18. The molecule has 0 spiro atoms. The van der Waals surface area contributed by atoms with E-state index in [1.54, 1.807) is 0 Å². The molecule has 0 aliphatic carbocycles. The Hall–Kier alpha value is -1.84. The summed E-state index contributed by atoms with van der Waals surface area (Å²) in [6.45, 7) is 2.62. The second kappa shape index (κ2) is 8.29. The molecule has 2 aromatic rings. The first-order chi connectivity index (χ1) is 9.29. The molecule has 3 heteroatoms. The second-order valence-electron chi connectivity index (χ2n) is 4.02. The van der Waals surface area contributed by atoms with Gasteiger partial charge in [0.2, 0.25) is 0 Å². The van der Waals surface area contributed by atoms with E-state index in [4.69, 9.17) is 14.9 Å². The van der Waals surface area contributed by atoms with Crippen molar-refractivity contribution in [2.24, 2.45) is 0 Å². The number of aliphatic hydroxyl groups excluding tert-OH is 2. The van der Waals surface area contributed by atoms with Crippen molar-refractivity contribution >= 4 is 0 Å². The molecule has 2 rings (SSSR count). The van der Waals surface area contributed by atoms with Crippen LogP contribution in [0.2, 0.25) is 0 Å². The van der Waals surface area contributed by atoms with E-state index in [1.807, 2.05) is 55.5 Å². The van der Waals surface area contributed by atoms with Gasteiger partial charge in [-0.2, -0.15) is 0 Å². The van der Waals surface area contributed by atoms with Crippen molar-refractivity contribution in [2.45, 2.75) is 20.1 Å². The fourth-order valence-corrected chi connectivity index (χ4v) is 1.68. The van der Waals surface area contributed by atoms with Gasteiger partial charge in [0.25, 0.3) is 0 Å². The third kappa shape index (κ3) is 4.73. The molecule has 0 fully saturated rings. The third-order valence-electron chi connectivity index (χ3n) is 2.73. The fraction of sp³-hybridized carbons (Fsp3) is 0.250. The summed E-state index contributed by atoms with van der Waals surface area (Å²) < 4.78 is 5.69. The number of hydrogen-bond donors (Lipinski definition) is 2. The highest BCUT2D eigenvalue weighted by molar-refractivity contribution is 5.34. The molecule has 0 saturated carbocycles. The van der Waals surface area contributed by atoms with E-state index < -0.39 is 0 Å². The molecule has 0 aliphatic rings. The van der Waals surface area contributed by atoms with Crippen LogP contribution < -0.4 is 4.74 Å². The topological polar surface area (TPSA) is 49.7 Å². The summed E-state index contributed by atoms with van der Waals surface area (Å²) in [7, 11) is 1.00. The summed E-state index contributed by atoms with van der Waals surface area (Å²) in [6.07, 6.45) is 0. The first-order valence-electron chi connectivity index (χ1n) is 6.11. The van der Waals surface area contributed by atoms with Crippen LogP contribution >= 0.6 is 0 Å². The van der Waals surface area contributed by atoms with Gasteiger partial charge >= 0.3 is 0 Å². The highest BCUT2D eigenvalue weighted by Gasteiger charge is 2.00. The standard InChI is InChI=1S/C15H16O2.CH4O/c1-12-9-15(8-7-14(12)10-16)17-11-13-5-3-2-4-6-13;1-2/h2-9,16H,10-11H2,1H3;2H,1H3. The molecular weight excluding hydrogens is 240 g/mol. The summed E-state index contributed by atoms with van der Waals surface area (Å²) in [5, 5.41) is 16.1. The van der Waals surface area contributed by atoms with Crippen LogP contribution in [0.3, 0.4) is 0 Å². The second-order valence-corrected chi connectivity index (χ2v) is 4.02. The molecule has 3 nitrogen and oxygen atoms in total. The first-order valence-corrected chi connectivity index (χ1v) is 6.11. The molecule has 0 amide bonds. The number of rotatable bonds is 4. The summed E-state index contributed by atoms with van der Waals surface area (Å²) in [4.78, 5) is 0. The lowest BCUT2D eigenvalue weighted by Gasteiger charge is -2.09. The fourth-order valence-electron chi connectivity index (χ4n) is 1.68. The van der Waals surface area contributed by atoms with Crippen molar-refractivity contribution in [1.82, 2.24) is 0 Å². The highest BCUT2D eigenvalue weighted by atomic mass is 16.5. The normalized spacial score (nSPS) is 9.47. The van der Waals surface area contributed by atoms with E-state index in [1.165, 1.54) is 0 Å². The van der Waals surface area contributed by atoms with Gasteiger partial charge in [-0.25, -0.2) is 0 Å². The summed E-state index contributed by atoms with van der Waals surface area (Å²) >= 11 is 0. The minimum Gasteiger partial charge on any atom is -0.489 e. The van der Waals surface area contributed by atoms with E-state index in [0.29, 0.717) is 6.61 Å². The van der Waals surface area contributed by atoms with Gasteiger partial charge in [0.1, 0.15) is 12.4 Å². The lowest BCUT2D eigenvalue weighted by molar-refractivity contribution is 0.280. The van der Waals surface area contributed by atoms with Crippen LogP contribution in [-0.2, 0) is 13.2 Å². The average molecular weight is 260 g/mol. The van der Waals surface area contributed by atoms with E-state index in [2.05, 4.69) is 0 Å². The zero-order valence-corrected chi connectivity index (χ0v) is 11.3. The maximum absolute atomic E-state index is 9.08. The Bertz CT molecular complexity index is 481. The Labute approximate surface area is 114 Å². The lowest BCUT2D eigenvalue weighted by Crippen LogP contribution is -1.96. The van der Waals surface area contributed by atoms with Gasteiger partial charge in [-0.15, -0.1) is 0 Å². The molecule has 0 saturated heterocycles.